The number of nitrogens with two attached hydrogens (primary N) is 1. The molecule has 8 nitrogen and oxygen atoms in total. The molecule has 29 heavy (non-hydrogen) atoms. The van der Waals surface area contributed by atoms with Gasteiger partial charge in [-0.2, -0.15) is 0 Å². The molecule has 0 aromatic carbocycles. The SMILES string of the molecule is CC(C)(C)OC(=O)N(N(CC1COC(C)(C)O1)c1cccc(SN)n1)C(C)(C)C. The van der Waals surface area contributed by atoms with Crippen LogP contribution in [0.1, 0.15) is 55.4 Å². The van der Waals surface area contributed by atoms with E-state index in [0.29, 0.717) is 24.0 Å². The van der Waals surface area contributed by atoms with E-state index in [1.54, 1.807) is 10.0 Å². The molecule has 2 N–H and O–H groups in total. The molecule has 0 aliphatic carbocycles. The zero-order valence-electron chi connectivity index (χ0n) is 18.7. The lowest BCUT2D eigenvalue weighted by Gasteiger charge is -2.44. The highest BCUT2D eigenvalue weighted by Crippen LogP contribution is 2.29. The Hall–Kier alpha value is -1.55. The van der Waals surface area contributed by atoms with Crippen molar-refractivity contribution in [2.24, 2.45) is 5.14 Å². The van der Waals surface area contributed by atoms with Crippen molar-refractivity contribution < 1.29 is 19.0 Å². The minimum atomic E-state index is -0.669. The van der Waals surface area contributed by atoms with Crippen LogP contribution in [0.2, 0.25) is 0 Å². The first-order valence-electron chi connectivity index (χ1n) is 9.68. The highest BCUT2D eigenvalue weighted by atomic mass is 32.2. The molecule has 1 unspecified atom stereocenters. The normalized spacial score (nSPS) is 19.1. The molecule has 1 aromatic heterocycles. The van der Waals surface area contributed by atoms with E-state index in [1.165, 1.54) is 0 Å². The largest absolute Gasteiger partial charge is 0.442 e. The maximum atomic E-state index is 13.2. The van der Waals surface area contributed by atoms with Crippen LogP contribution in [0.5, 0.6) is 0 Å². The van der Waals surface area contributed by atoms with Crippen LogP contribution in [-0.4, -0.2) is 52.3 Å². The summed E-state index contributed by atoms with van der Waals surface area (Å²) >= 11 is 1.05. The summed E-state index contributed by atoms with van der Waals surface area (Å²) < 4.78 is 17.4. The van der Waals surface area contributed by atoms with E-state index >= 15 is 0 Å². The third-order valence-electron chi connectivity index (χ3n) is 3.98. The van der Waals surface area contributed by atoms with E-state index < -0.39 is 23.0 Å². The van der Waals surface area contributed by atoms with Crippen LogP contribution < -0.4 is 10.1 Å². The number of aromatic nitrogens is 1. The lowest BCUT2D eigenvalue weighted by molar-refractivity contribution is -0.138. The summed E-state index contributed by atoms with van der Waals surface area (Å²) in [5.41, 5.74) is -1.21. The first kappa shape index (κ1) is 23.7. The van der Waals surface area contributed by atoms with E-state index in [2.05, 4.69) is 4.98 Å². The summed E-state index contributed by atoms with van der Waals surface area (Å²) in [4.78, 5) is 17.8. The smallest absolute Gasteiger partial charge is 0.429 e. The van der Waals surface area contributed by atoms with Gasteiger partial charge in [-0.25, -0.2) is 14.8 Å². The van der Waals surface area contributed by atoms with Crippen LogP contribution in [0.3, 0.4) is 0 Å². The van der Waals surface area contributed by atoms with Gasteiger partial charge in [-0.05, 0) is 79.5 Å². The fraction of sp³-hybridized carbons (Fsp3) is 0.700. The maximum Gasteiger partial charge on any atom is 0.429 e. The van der Waals surface area contributed by atoms with Crippen molar-refractivity contribution in [3.63, 3.8) is 0 Å². The quantitative estimate of drug-likeness (QED) is 0.559. The Balaban J connectivity index is 2.45. The van der Waals surface area contributed by atoms with Crippen LogP contribution in [0.4, 0.5) is 10.6 Å². The second-order valence-electron chi connectivity index (χ2n) is 9.45. The maximum absolute atomic E-state index is 13.2. The summed E-state index contributed by atoms with van der Waals surface area (Å²) in [7, 11) is 0. The van der Waals surface area contributed by atoms with Crippen LogP contribution in [0.25, 0.3) is 0 Å². The van der Waals surface area contributed by atoms with Gasteiger partial charge in [0.25, 0.3) is 0 Å². The molecule has 0 bridgehead atoms. The summed E-state index contributed by atoms with van der Waals surface area (Å²) in [5.74, 6) is -0.0912. The predicted octanol–water partition coefficient (Wildman–Crippen LogP) is 3.96. The predicted molar refractivity (Wildman–Crippen MR) is 114 cm³/mol. The lowest BCUT2D eigenvalue weighted by atomic mass is 10.1. The number of hydrogen-bond acceptors (Lipinski definition) is 8. The van der Waals surface area contributed by atoms with Crippen molar-refractivity contribution in [1.82, 2.24) is 9.99 Å². The Labute approximate surface area is 178 Å². The number of carbonyl (C=O) groups excluding carboxylic acids is 1. The second kappa shape index (κ2) is 8.67. The zero-order chi connectivity index (χ0) is 22.0. The van der Waals surface area contributed by atoms with Crippen LogP contribution in [0.15, 0.2) is 23.2 Å². The van der Waals surface area contributed by atoms with Crippen LogP contribution >= 0.6 is 11.9 Å². The van der Waals surface area contributed by atoms with Crippen molar-refractivity contribution in [1.29, 1.82) is 0 Å². The molecule has 1 saturated heterocycles. The van der Waals surface area contributed by atoms with Crippen LogP contribution in [-0.2, 0) is 14.2 Å². The van der Waals surface area contributed by atoms with E-state index in [0.717, 1.165) is 11.9 Å². The molecule has 1 aliphatic heterocycles. The summed E-state index contributed by atoms with van der Waals surface area (Å²) in [5, 5.41) is 9.73. The van der Waals surface area contributed by atoms with Gasteiger partial charge in [-0.3, -0.25) is 10.1 Å². The number of carbonyl (C=O) groups is 1. The number of hydrazine groups is 1. The molecular formula is C20H34N4O4S. The molecular weight excluding hydrogens is 392 g/mol. The number of anilines is 1. The van der Waals surface area contributed by atoms with Gasteiger partial charge in [-0.1, -0.05) is 6.07 Å². The molecule has 1 amide bonds. The lowest BCUT2D eigenvalue weighted by Crippen LogP contribution is -2.59. The van der Waals surface area contributed by atoms with Crippen molar-refractivity contribution in [2.45, 2.75) is 83.4 Å². The third kappa shape index (κ3) is 6.74. The van der Waals surface area contributed by atoms with Gasteiger partial charge in [0.05, 0.1) is 18.7 Å². The highest BCUT2D eigenvalue weighted by Gasteiger charge is 2.40. The van der Waals surface area contributed by atoms with E-state index in [1.807, 2.05) is 73.6 Å². The number of hydrogen-bond donors (Lipinski definition) is 1. The number of nitrogens with zero attached hydrogens (tertiary/aromatic N) is 3. The number of ether oxygens (including phenoxy) is 3. The fourth-order valence-corrected chi connectivity index (χ4v) is 3.28. The van der Waals surface area contributed by atoms with Gasteiger partial charge in [0.1, 0.15) is 22.5 Å². The van der Waals surface area contributed by atoms with Crippen molar-refractivity contribution >= 4 is 23.9 Å². The molecule has 164 valence electrons. The Morgan fingerprint density at radius 2 is 1.97 bits per heavy atom. The zero-order valence-corrected chi connectivity index (χ0v) is 19.5. The van der Waals surface area contributed by atoms with Crippen molar-refractivity contribution in [2.75, 3.05) is 18.2 Å². The Bertz CT molecular complexity index is 715. The third-order valence-corrected chi connectivity index (χ3v) is 4.45. The van der Waals surface area contributed by atoms with Gasteiger partial charge < -0.3 is 14.2 Å². The van der Waals surface area contributed by atoms with Gasteiger partial charge in [0.2, 0.25) is 0 Å². The number of rotatable bonds is 5. The van der Waals surface area contributed by atoms with Crippen LogP contribution in [0, 0.1) is 0 Å². The highest BCUT2D eigenvalue weighted by molar-refractivity contribution is 7.97. The molecule has 1 atom stereocenters. The van der Waals surface area contributed by atoms with Gasteiger partial charge in [-0.15, -0.1) is 0 Å². The standard InChI is InChI=1S/C20H34N4O4S/c1-18(2,3)24(17(25)28-19(4,5)6)23(12-14-13-26-20(7,8)27-14)15-10-9-11-16(22-15)29-21/h9-11,14H,12-13,21H2,1-8H3. The Morgan fingerprint density at radius 3 is 2.45 bits per heavy atom. The van der Waals surface area contributed by atoms with E-state index in [9.17, 15) is 4.79 Å². The van der Waals surface area contributed by atoms with E-state index in [4.69, 9.17) is 19.3 Å². The average molecular weight is 427 g/mol. The van der Waals surface area contributed by atoms with Gasteiger partial charge >= 0.3 is 6.09 Å². The summed E-state index contributed by atoms with van der Waals surface area (Å²) in [6, 6.07) is 5.51. The molecule has 9 heteroatoms. The fourth-order valence-electron chi connectivity index (χ4n) is 2.98. The minimum Gasteiger partial charge on any atom is -0.442 e. The van der Waals surface area contributed by atoms with Crippen molar-refractivity contribution in [3.8, 4) is 0 Å². The molecule has 2 rings (SSSR count). The number of amides is 1. The topological polar surface area (TPSA) is 90.2 Å². The number of pyridine rings is 1. The first-order chi connectivity index (χ1) is 13.2. The van der Waals surface area contributed by atoms with Crippen molar-refractivity contribution in [3.05, 3.63) is 18.2 Å². The molecule has 1 aliphatic rings. The van der Waals surface area contributed by atoms with Gasteiger partial charge in [0, 0.05) is 0 Å². The molecule has 2 heterocycles. The summed E-state index contributed by atoms with van der Waals surface area (Å²) in [6.45, 7) is 15.9. The molecule has 0 radical (unpaired) electrons. The minimum absolute atomic E-state index is 0.242. The molecule has 1 aromatic rings. The summed E-state index contributed by atoms with van der Waals surface area (Å²) in [6.07, 6.45) is -0.705. The Morgan fingerprint density at radius 1 is 1.31 bits per heavy atom. The van der Waals surface area contributed by atoms with Gasteiger partial charge in [0.15, 0.2) is 5.79 Å². The molecule has 0 saturated carbocycles. The monoisotopic (exact) mass is 426 g/mol. The molecule has 1 fully saturated rings. The average Bonchev–Trinajstić information content (AvgIpc) is 2.90. The first-order valence-corrected chi connectivity index (χ1v) is 10.6. The Kier molecular flexibility index (Phi) is 7.09. The second-order valence-corrected chi connectivity index (χ2v) is 10.1. The molecule has 0 spiro atoms. The van der Waals surface area contributed by atoms with E-state index in [-0.39, 0.29) is 6.10 Å².